The van der Waals surface area contributed by atoms with E-state index in [2.05, 4.69) is 5.43 Å². The van der Waals surface area contributed by atoms with E-state index in [1.165, 1.54) is 0 Å². The Bertz CT molecular complexity index is 103. The zero-order valence-electron chi connectivity index (χ0n) is 4.55. The molecule has 1 aliphatic heterocycles. The second-order valence-electron chi connectivity index (χ2n) is 1.73. The van der Waals surface area contributed by atoms with Gasteiger partial charge in [-0.1, -0.05) is 0 Å². The molecule has 1 saturated heterocycles. The maximum Gasteiger partial charge on any atom is 0.235 e. The third-order valence-corrected chi connectivity index (χ3v) is 1.11. The smallest absolute Gasteiger partial charge is 0.235 e. The van der Waals surface area contributed by atoms with Gasteiger partial charge in [-0.2, -0.15) is 0 Å². The molecule has 0 spiro atoms. The van der Waals surface area contributed by atoms with Crippen LogP contribution in [0.3, 0.4) is 0 Å². The maximum atomic E-state index is 10.4. The molecule has 0 unspecified atom stereocenters. The zero-order chi connectivity index (χ0) is 5.98. The molecule has 1 fully saturated rings. The quantitative estimate of drug-likeness (QED) is 0.443. The van der Waals surface area contributed by atoms with Crippen molar-refractivity contribution >= 4 is 5.91 Å². The van der Waals surface area contributed by atoms with Gasteiger partial charge in [0.1, 0.15) is 0 Å². The van der Waals surface area contributed by atoms with E-state index in [1.807, 2.05) is 0 Å². The van der Waals surface area contributed by atoms with E-state index in [-0.39, 0.29) is 5.91 Å². The highest BCUT2D eigenvalue weighted by atomic mass is 16.2. The number of amides is 1. The topological polar surface area (TPSA) is 58.4 Å². The SMILES string of the molecule is NCN1CCC(=O)N1. The van der Waals surface area contributed by atoms with Crippen molar-refractivity contribution in [2.45, 2.75) is 6.42 Å². The Balaban J connectivity index is 2.32. The van der Waals surface area contributed by atoms with Crippen molar-refractivity contribution in [2.75, 3.05) is 13.2 Å². The van der Waals surface area contributed by atoms with Gasteiger partial charge < -0.3 is 5.73 Å². The molecule has 8 heavy (non-hydrogen) atoms. The fraction of sp³-hybridized carbons (Fsp3) is 0.750. The van der Waals surface area contributed by atoms with Gasteiger partial charge in [-0.25, -0.2) is 5.01 Å². The Hall–Kier alpha value is -0.610. The normalized spacial score (nSPS) is 21.4. The molecule has 0 bridgehead atoms. The summed E-state index contributed by atoms with van der Waals surface area (Å²) >= 11 is 0. The Kier molecular flexibility index (Phi) is 1.45. The fourth-order valence-corrected chi connectivity index (χ4v) is 0.662. The molecule has 0 aliphatic carbocycles. The number of hydrogen-bond acceptors (Lipinski definition) is 3. The van der Waals surface area contributed by atoms with Crippen LogP contribution >= 0.6 is 0 Å². The van der Waals surface area contributed by atoms with Crippen molar-refractivity contribution in [1.29, 1.82) is 0 Å². The minimum absolute atomic E-state index is 0.0652. The average Bonchev–Trinajstić information content (AvgIpc) is 2.14. The first-order chi connectivity index (χ1) is 3.83. The predicted molar refractivity (Wildman–Crippen MR) is 28.5 cm³/mol. The van der Waals surface area contributed by atoms with Gasteiger partial charge in [0.25, 0.3) is 0 Å². The number of nitrogens with two attached hydrogens (primary N) is 1. The molecule has 1 rings (SSSR count). The van der Waals surface area contributed by atoms with Gasteiger partial charge in [-0.05, 0) is 0 Å². The van der Waals surface area contributed by atoms with Crippen LogP contribution in [0.5, 0.6) is 0 Å². The number of carbonyl (C=O) groups is 1. The molecule has 0 aromatic carbocycles. The third-order valence-electron chi connectivity index (χ3n) is 1.11. The predicted octanol–water partition coefficient (Wildman–Crippen LogP) is -1.36. The van der Waals surface area contributed by atoms with Crippen LogP contribution in [0.1, 0.15) is 6.42 Å². The summed E-state index contributed by atoms with van der Waals surface area (Å²) < 4.78 is 0. The molecule has 1 heterocycles. The summed E-state index contributed by atoms with van der Waals surface area (Å²) in [7, 11) is 0. The summed E-state index contributed by atoms with van der Waals surface area (Å²) in [5.74, 6) is 0.0652. The molecule has 0 saturated carbocycles. The highest BCUT2D eigenvalue weighted by Gasteiger charge is 2.15. The molecule has 1 aliphatic rings. The van der Waals surface area contributed by atoms with Gasteiger partial charge in [-0.15, -0.1) is 0 Å². The highest BCUT2D eigenvalue weighted by molar-refractivity contribution is 5.77. The first-order valence-electron chi connectivity index (χ1n) is 2.57. The van der Waals surface area contributed by atoms with Crippen LogP contribution in [0.4, 0.5) is 0 Å². The average molecular weight is 115 g/mol. The zero-order valence-corrected chi connectivity index (χ0v) is 4.55. The minimum Gasteiger partial charge on any atom is -0.317 e. The Morgan fingerprint density at radius 3 is 2.88 bits per heavy atom. The van der Waals surface area contributed by atoms with E-state index in [0.29, 0.717) is 13.1 Å². The number of nitrogens with zero attached hydrogens (tertiary/aromatic N) is 1. The molecule has 0 radical (unpaired) electrons. The summed E-state index contributed by atoms with van der Waals surface area (Å²) in [6, 6.07) is 0. The van der Waals surface area contributed by atoms with Crippen LogP contribution in [-0.2, 0) is 4.79 Å². The molecule has 4 nitrogen and oxygen atoms in total. The van der Waals surface area contributed by atoms with E-state index >= 15 is 0 Å². The van der Waals surface area contributed by atoms with E-state index in [1.54, 1.807) is 5.01 Å². The molecular weight excluding hydrogens is 106 g/mol. The van der Waals surface area contributed by atoms with Crippen LogP contribution < -0.4 is 11.2 Å². The molecule has 4 heteroatoms. The highest BCUT2D eigenvalue weighted by Crippen LogP contribution is 1.93. The van der Waals surface area contributed by atoms with Crippen LogP contribution in [0, 0.1) is 0 Å². The molecule has 3 N–H and O–H groups in total. The lowest BCUT2D eigenvalue weighted by Crippen LogP contribution is -2.37. The summed E-state index contributed by atoms with van der Waals surface area (Å²) in [6.45, 7) is 1.15. The van der Waals surface area contributed by atoms with Gasteiger partial charge >= 0.3 is 0 Å². The summed E-state index contributed by atoms with van der Waals surface area (Å²) in [5, 5.41) is 1.68. The number of hydrogen-bond donors (Lipinski definition) is 2. The van der Waals surface area contributed by atoms with Crippen molar-refractivity contribution in [3.63, 3.8) is 0 Å². The first-order valence-corrected chi connectivity index (χ1v) is 2.57. The van der Waals surface area contributed by atoms with Gasteiger partial charge in [-0.3, -0.25) is 10.2 Å². The molecule has 46 valence electrons. The van der Waals surface area contributed by atoms with Crippen LogP contribution in [0.2, 0.25) is 0 Å². The van der Waals surface area contributed by atoms with Crippen LogP contribution in [0.25, 0.3) is 0 Å². The van der Waals surface area contributed by atoms with Gasteiger partial charge in [0.05, 0.1) is 6.67 Å². The maximum absolute atomic E-state index is 10.4. The second-order valence-corrected chi connectivity index (χ2v) is 1.73. The lowest BCUT2D eigenvalue weighted by Gasteiger charge is -2.08. The third kappa shape index (κ3) is 0.962. The van der Waals surface area contributed by atoms with Crippen molar-refractivity contribution in [3.05, 3.63) is 0 Å². The van der Waals surface area contributed by atoms with E-state index in [9.17, 15) is 4.79 Å². The Morgan fingerprint density at radius 1 is 1.88 bits per heavy atom. The molecule has 0 aromatic heterocycles. The van der Waals surface area contributed by atoms with E-state index in [4.69, 9.17) is 5.73 Å². The van der Waals surface area contributed by atoms with Gasteiger partial charge in [0.15, 0.2) is 0 Å². The fourth-order valence-electron chi connectivity index (χ4n) is 0.662. The summed E-state index contributed by atoms with van der Waals surface area (Å²) in [6.07, 6.45) is 0.581. The lowest BCUT2D eigenvalue weighted by molar-refractivity contribution is -0.121. The minimum atomic E-state index is 0.0652. The Morgan fingerprint density at radius 2 is 2.62 bits per heavy atom. The summed E-state index contributed by atoms with van der Waals surface area (Å²) in [4.78, 5) is 10.4. The molecule has 0 atom stereocenters. The number of nitrogens with one attached hydrogen (secondary N) is 1. The van der Waals surface area contributed by atoms with Crippen molar-refractivity contribution < 1.29 is 4.79 Å². The summed E-state index contributed by atoms with van der Waals surface area (Å²) in [5.41, 5.74) is 7.78. The lowest BCUT2D eigenvalue weighted by atomic mass is 10.4. The monoisotopic (exact) mass is 115 g/mol. The van der Waals surface area contributed by atoms with Crippen molar-refractivity contribution in [1.82, 2.24) is 10.4 Å². The molecule has 0 aromatic rings. The number of hydrazine groups is 1. The van der Waals surface area contributed by atoms with E-state index < -0.39 is 0 Å². The van der Waals surface area contributed by atoms with Crippen LogP contribution in [-0.4, -0.2) is 24.1 Å². The number of rotatable bonds is 1. The van der Waals surface area contributed by atoms with E-state index in [0.717, 1.165) is 6.54 Å². The number of carbonyl (C=O) groups excluding carboxylic acids is 1. The second kappa shape index (κ2) is 2.11. The van der Waals surface area contributed by atoms with Crippen LogP contribution in [0.15, 0.2) is 0 Å². The van der Waals surface area contributed by atoms with Gasteiger partial charge in [0, 0.05) is 13.0 Å². The van der Waals surface area contributed by atoms with Gasteiger partial charge in [0.2, 0.25) is 5.91 Å². The van der Waals surface area contributed by atoms with Crippen molar-refractivity contribution in [3.8, 4) is 0 Å². The van der Waals surface area contributed by atoms with Crippen molar-refractivity contribution in [2.24, 2.45) is 5.73 Å². The largest absolute Gasteiger partial charge is 0.317 e. The molecule has 1 amide bonds. The first kappa shape index (κ1) is 5.53. The Labute approximate surface area is 47.6 Å². The molecular formula is C4H9N3O. The standard InChI is InChI=1S/C4H9N3O/c5-3-7-2-1-4(8)6-7/h1-3,5H2,(H,6,8).